The Labute approximate surface area is 143 Å². The third kappa shape index (κ3) is 2.96. The lowest BCUT2D eigenvalue weighted by Gasteiger charge is -2.34. The van der Waals surface area contributed by atoms with Crippen molar-refractivity contribution in [2.45, 2.75) is 0 Å². The van der Waals surface area contributed by atoms with Gasteiger partial charge in [0.05, 0.1) is 11.8 Å². The summed E-state index contributed by atoms with van der Waals surface area (Å²) < 4.78 is 5.14. The van der Waals surface area contributed by atoms with Crippen LogP contribution in [0.25, 0.3) is 10.9 Å². The molecule has 1 fully saturated rings. The van der Waals surface area contributed by atoms with Crippen LogP contribution in [0.15, 0.2) is 53.1 Å². The molecule has 0 radical (unpaired) electrons. The second-order valence-corrected chi connectivity index (χ2v) is 5.85. The van der Waals surface area contributed by atoms with Gasteiger partial charge in [-0.05, 0) is 24.3 Å². The molecule has 0 bridgehead atoms. The van der Waals surface area contributed by atoms with E-state index in [0.29, 0.717) is 37.6 Å². The van der Waals surface area contributed by atoms with Gasteiger partial charge in [-0.25, -0.2) is 0 Å². The number of amides is 2. The minimum atomic E-state index is -0.164. The van der Waals surface area contributed by atoms with Gasteiger partial charge in [-0.1, -0.05) is 18.2 Å². The molecule has 1 aromatic carbocycles. The van der Waals surface area contributed by atoms with E-state index in [9.17, 15) is 9.59 Å². The van der Waals surface area contributed by atoms with Crippen LogP contribution in [-0.4, -0.2) is 58.0 Å². The summed E-state index contributed by atoms with van der Waals surface area (Å²) in [7, 11) is 0. The molecule has 0 aliphatic carbocycles. The van der Waals surface area contributed by atoms with Gasteiger partial charge in [0.15, 0.2) is 11.5 Å². The van der Waals surface area contributed by atoms with Gasteiger partial charge in [0.2, 0.25) is 0 Å². The number of furan rings is 1. The first-order valence-electron chi connectivity index (χ1n) is 8.07. The number of aromatic nitrogens is 2. The number of hydrogen-bond acceptors (Lipinski definition) is 5. The fraction of sp³-hybridized carbons (Fsp3) is 0.222. The topological polar surface area (TPSA) is 79.5 Å². The Balaban J connectivity index is 1.44. The van der Waals surface area contributed by atoms with Crippen molar-refractivity contribution in [3.63, 3.8) is 0 Å². The third-order valence-electron chi connectivity index (χ3n) is 4.30. The zero-order valence-corrected chi connectivity index (χ0v) is 13.5. The molecule has 7 nitrogen and oxygen atoms in total. The monoisotopic (exact) mass is 336 g/mol. The van der Waals surface area contributed by atoms with Gasteiger partial charge in [-0.3, -0.25) is 9.59 Å². The maximum Gasteiger partial charge on any atom is 0.289 e. The molecule has 3 heterocycles. The molecule has 25 heavy (non-hydrogen) atoms. The van der Waals surface area contributed by atoms with Gasteiger partial charge in [0.1, 0.15) is 0 Å². The molecule has 0 N–H and O–H groups in total. The quantitative estimate of drug-likeness (QED) is 0.713. The second kappa shape index (κ2) is 6.35. The number of hydrogen-bond donors (Lipinski definition) is 0. The van der Waals surface area contributed by atoms with Crippen molar-refractivity contribution < 1.29 is 14.0 Å². The lowest BCUT2D eigenvalue weighted by atomic mass is 10.2. The number of fused-ring (bicyclic) bond motifs is 1. The predicted octanol–water partition coefficient (Wildman–Crippen LogP) is 1.82. The molecule has 7 heteroatoms. The summed E-state index contributed by atoms with van der Waals surface area (Å²) in [6, 6.07) is 12.6. The summed E-state index contributed by atoms with van der Waals surface area (Å²) in [5.41, 5.74) is 1.08. The van der Waals surface area contributed by atoms with Crippen LogP contribution in [0.5, 0.6) is 0 Å². The van der Waals surface area contributed by atoms with Gasteiger partial charge >= 0.3 is 0 Å². The predicted molar refractivity (Wildman–Crippen MR) is 90.1 cm³/mol. The molecular weight excluding hydrogens is 320 g/mol. The lowest BCUT2D eigenvalue weighted by molar-refractivity contribution is 0.0515. The zero-order chi connectivity index (χ0) is 17.2. The summed E-state index contributed by atoms with van der Waals surface area (Å²) in [4.78, 5) is 28.3. The molecular formula is C18H16N4O3. The SMILES string of the molecule is O=C(c1cc2ccccc2nn1)N1CCN(C(=O)c2ccco2)CC1. The molecule has 4 rings (SSSR count). The van der Waals surface area contributed by atoms with Crippen LogP contribution in [0.3, 0.4) is 0 Å². The molecule has 0 atom stereocenters. The summed E-state index contributed by atoms with van der Waals surface area (Å²) in [5.74, 6) is 0.00567. The Bertz CT molecular complexity index is 915. The molecule has 2 amide bonds. The molecule has 1 aliphatic rings. The van der Waals surface area contributed by atoms with Crippen LogP contribution in [-0.2, 0) is 0 Å². The second-order valence-electron chi connectivity index (χ2n) is 5.85. The number of carbonyl (C=O) groups is 2. The summed E-state index contributed by atoms with van der Waals surface area (Å²) in [6.07, 6.45) is 1.48. The lowest BCUT2D eigenvalue weighted by Crippen LogP contribution is -2.50. The van der Waals surface area contributed by atoms with E-state index in [2.05, 4.69) is 10.2 Å². The highest BCUT2D eigenvalue weighted by Crippen LogP contribution is 2.14. The van der Waals surface area contributed by atoms with Crippen LogP contribution in [0.4, 0.5) is 0 Å². The minimum absolute atomic E-state index is 0.150. The molecule has 0 unspecified atom stereocenters. The molecule has 1 saturated heterocycles. The first-order valence-corrected chi connectivity index (χ1v) is 8.07. The van der Waals surface area contributed by atoms with Crippen LogP contribution in [0.2, 0.25) is 0 Å². The van der Waals surface area contributed by atoms with Crippen molar-refractivity contribution in [1.29, 1.82) is 0 Å². The highest BCUT2D eigenvalue weighted by Gasteiger charge is 2.27. The van der Waals surface area contributed by atoms with Gasteiger partial charge in [0.25, 0.3) is 11.8 Å². The van der Waals surface area contributed by atoms with E-state index in [1.807, 2.05) is 24.3 Å². The fourth-order valence-corrected chi connectivity index (χ4v) is 2.92. The van der Waals surface area contributed by atoms with E-state index < -0.39 is 0 Å². The molecule has 126 valence electrons. The fourth-order valence-electron chi connectivity index (χ4n) is 2.92. The Kier molecular flexibility index (Phi) is 3.89. The first-order chi connectivity index (χ1) is 12.2. The van der Waals surface area contributed by atoms with Crippen molar-refractivity contribution in [3.8, 4) is 0 Å². The minimum Gasteiger partial charge on any atom is -0.459 e. The van der Waals surface area contributed by atoms with Gasteiger partial charge in [0, 0.05) is 31.6 Å². The van der Waals surface area contributed by atoms with E-state index in [1.54, 1.807) is 28.0 Å². The van der Waals surface area contributed by atoms with E-state index in [-0.39, 0.29) is 11.8 Å². The third-order valence-corrected chi connectivity index (χ3v) is 4.30. The number of rotatable bonds is 2. The molecule has 0 saturated carbocycles. The highest BCUT2D eigenvalue weighted by molar-refractivity contribution is 5.96. The van der Waals surface area contributed by atoms with Gasteiger partial charge in [-0.15, -0.1) is 10.2 Å². The van der Waals surface area contributed by atoms with Crippen LogP contribution >= 0.6 is 0 Å². The standard InChI is InChI=1S/C18H16N4O3/c23-17(15-12-13-4-1-2-5-14(13)19-20-15)21-7-9-22(10-8-21)18(24)16-6-3-11-25-16/h1-6,11-12H,7-10H2. The van der Waals surface area contributed by atoms with E-state index >= 15 is 0 Å². The first kappa shape index (κ1) is 15.3. The zero-order valence-electron chi connectivity index (χ0n) is 13.5. The Morgan fingerprint density at radius 2 is 1.60 bits per heavy atom. The molecule has 2 aromatic heterocycles. The summed E-state index contributed by atoms with van der Waals surface area (Å²) in [5, 5.41) is 9.02. The van der Waals surface area contributed by atoms with Crippen molar-refractivity contribution in [1.82, 2.24) is 20.0 Å². The average Bonchev–Trinajstić information content (AvgIpc) is 3.21. The van der Waals surface area contributed by atoms with Crippen LogP contribution in [0, 0.1) is 0 Å². The Morgan fingerprint density at radius 1 is 0.880 bits per heavy atom. The van der Waals surface area contributed by atoms with Gasteiger partial charge in [-0.2, -0.15) is 0 Å². The molecule has 3 aromatic rings. The normalized spacial score (nSPS) is 14.7. The maximum absolute atomic E-state index is 12.7. The number of nitrogens with zero attached hydrogens (tertiary/aromatic N) is 4. The van der Waals surface area contributed by atoms with Crippen molar-refractivity contribution in [2.75, 3.05) is 26.2 Å². The van der Waals surface area contributed by atoms with Crippen molar-refractivity contribution in [3.05, 3.63) is 60.2 Å². The van der Waals surface area contributed by atoms with E-state index in [0.717, 1.165) is 10.9 Å². The van der Waals surface area contributed by atoms with E-state index in [4.69, 9.17) is 4.42 Å². The highest BCUT2D eigenvalue weighted by atomic mass is 16.3. The maximum atomic E-state index is 12.7. The largest absolute Gasteiger partial charge is 0.459 e. The molecule has 0 spiro atoms. The summed E-state index contributed by atoms with van der Waals surface area (Å²) >= 11 is 0. The van der Waals surface area contributed by atoms with Crippen LogP contribution in [0.1, 0.15) is 21.0 Å². The Hall–Kier alpha value is -3.22. The van der Waals surface area contributed by atoms with E-state index in [1.165, 1.54) is 6.26 Å². The smallest absolute Gasteiger partial charge is 0.289 e. The van der Waals surface area contributed by atoms with Crippen molar-refractivity contribution in [2.24, 2.45) is 0 Å². The number of benzene rings is 1. The number of carbonyl (C=O) groups excluding carboxylic acids is 2. The average molecular weight is 336 g/mol. The Morgan fingerprint density at radius 3 is 2.32 bits per heavy atom. The summed E-state index contributed by atoms with van der Waals surface area (Å²) in [6.45, 7) is 1.85. The van der Waals surface area contributed by atoms with Crippen LogP contribution < -0.4 is 0 Å². The number of piperazine rings is 1. The molecule has 1 aliphatic heterocycles. The van der Waals surface area contributed by atoms with Crippen molar-refractivity contribution >= 4 is 22.7 Å². The van der Waals surface area contributed by atoms with Gasteiger partial charge < -0.3 is 14.2 Å².